The van der Waals surface area contributed by atoms with Crippen molar-refractivity contribution in [3.8, 4) is 22.1 Å². The van der Waals surface area contributed by atoms with Crippen LogP contribution in [-0.4, -0.2) is 24.1 Å². The van der Waals surface area contributed by atoms with Crippen LogP contribution in [0, 0.1) is 0 Å². The van der Waals surface area contributed by atoms with Gasteiger partial charge in [0.05, 0.1) is 6.61 Å². The third-order valence-corrected chi connectivity index (χ3v) is 4.18. The van der Waals surface area contributed by atoms with Crippen LogP contribution in [0.15, 0.2) is 60.1 Å². The summed E-state index contributed by atoms with van der Waals surface area (Å²) in [6, 6.07) is 14.9. The summed E-state index contributed by atoms with van der Waals surface area (Å²) < 4.78 is 11.0. The number of ether oxygens (including phenoxy) is 2. The van der Waals surface area contributed by atoms with Crippen molar-refractivity contribution in [3.05, 3.63) is 60.1 Å². The lowest BCUT2D eigenvalue weighted by molar-refractivity contribution is -0.118. The highest BCUT2D eigenvalue weighted by Gasteiger charge is 2.08. The smallest absolute Gasteiger partial charge is 0.262 e. The van der Waals surface area contributed by atoms with Gasteiger partial charge >= 0.3 is 0 Å². The van der Waals surface area contributed by atoms with Gasteiger partial charge in [0.15, 0.2) is 18.1 Å². The molecule has 128 valence electrons. The van der Waals surface area contributed by atoms with Crippen molar-refractivity contribution >= 4 is 22.9 Å². The quantitative estimate of drug-likeness (QED) is 0.690. The number of anilines is 1. The lowest BCUT2D eigenvalue weighted by atomic mass is 10.2. The van der Waals surface area contributed by atoms with Crippen LogP contribution in [0.3, 0.4) is 0 Å². The number of carbonyl (C=O) groups is 1. The molecule has 0 radical (unpaired) electrons. The lowest BCUT2D eigenvalue weighted by Gasteiger charge is -2.11. The predicted octanol–water partition coefficient (Wildman–Crippen LogP) is 4.23. The summed E-state index contributed by atoms with van der Waals surface area (Å²) in [7, 11) is 0. The molecular formula is C19H18N2O3S. The second-order valence-electron chi connectivity index (χ2n) is 5.13. The first-order chi connectivity index (χ1) is 12.3. The number of nitrogens with one attached hydrogen (secondary N) is 1. The van der Waals surface area contributed by atoms with E-state index in [1.165, 1.54) is 0 Å². The molecular weight excluding hydrogens is 336 g/mol. The second-order valence-corrected chi connectivity index (χ2v) is 6.03. The Morgan fingerprint density at radius 3 is 2.44 bits per heavy atom. The summed E-state index contributed by atoms with van der Waals surface area (Å²) in [5.74, 6) is 0.956. The molecule has 3 rings (SSSR count). The van der Waals surface area contributed by atoms with Gasteiger partial charge in [0, 0.05) is 22.8 Å². The van der Waals surface area contributed by atoms with E-state index in [0.717, 1.165) is 10.6 Å². The molecule has 0 fully saturated rings. The van der Waals surface area contributed by atoms with Crippen LogP contribution in [0.2, 0.25) is 0 Å². The van der Waals surface area contributed by atoms with E-state index in [1.807, 2.05) is 54.8 Å². The van der Waals surface area contributed by atoms with Gasteiger partial charge in [0.1, 0.15) is 5.01 Å². The SMILES string of the molecule is CCOc1ccccc1OCC(=O)Nc1ccc(-c2nccs2)cc1. The van der Waals surface area contributed by atoms with E-state index < -0.39 is 0 Å². The Hall–Kier alpha value is -2.86. The van der Waals surface area contributed by atoms with Gasteiger partial charge in [-0.3, -0.25) is 4.79 Å². The molecule has 3 aromatic rings. The van der Waals surface area contributed by atoms with Crippen molar-refractivity contribution in [2.75, 3.05) is 18.5 Å². The summed E-state index contributed by atoms with van der Waals surface area (Å²) in [4.78, 5) is 16.3. The molecule has 0 aliphatic carbocycles. The number of carbonyl (C=O) groups excluding carboxylic acids is 1. The zero-order valence-electron chi connectivity index (χ0n) is 13.8. The van der Waals surface area contributed by atoms with E-state index in [9.17, 15) is 4.79 Å². The fourth-order valence-electron chi connectivity index (χ4n) is 2.25. The highest BCUT2D eigenvalue weighted by atomic mass is 32.1. The van der Waals surface area contributed by atoms with Gasteiger partial charge in [-0.2, -0.15) is 0 Å². The van der Waals surface area contributed by atoms with Crippen LogP contribution >= 0.6 is 11.3 Å². The van der Waals surface area contributed by atoms with Crippen LogP contribution in [0.4, 0.5) is 5.69 Å². The first-order valence-corrected chi connectivity index (χ1v) is 8.78. The van der Waals surface area contributed by atoms with Gasteiger partial charge in [-0.05, 0) is 43.3 Å². The van der Waals surface area contributed by atoms with Gasteiger partial charge in [0.25, 0.3) is 5.91 Å². The number of hydrogen-bond donors (Lipinski definition) is 1. The van der Waals surface area contributed by atoms with Crippen molar-refractivity contribution in [3.63, 3.8) is 0 Å². The summed E-state index contributed by atoms with van der Waals surface area (Å²) in [5.41, 5.74) is 1.74. The normalized spacial score (nSPS) is 10.3. The molecule has 1 N–H and O–H groups in total. The molecule has 0 saturated carbocycles. The minimum absolute atomic E-state index is 0.0850. The van der Waals surface area contributed by atoms with Crippen LogP contribution < -0.4 is 14.8 Å². The van der Waals surface area contributed by atoms with Crippen LogP contribution in [0.5, 0.6) is 11.5 Å². The minimum Gasteiger partial charge on any atom is -0.490 e. The molecule has 1 heterocycles. The Labute approximate surface area is 150 Å². The van der Waals surface area contributed by atoms with Crippen molar-refractivity contribution in [1.29, 1.82) is 0 Å². The second kappa shape index (κ2) is 8.30. The van der Waals surface area contributed by atoms with Gasteiger partial charge in [0.2, 0.25) is 0 Å². The van der Waals surface area contributed by atoms with Crippen LogP contribution in [0.1, 0.15) is 6.92 Å². The molecule has 1 aromatic heterocycles. The Bertz CT molecular complexity index is 817. The number of thiazole rings is 1. The minimum atomic E-state index is -0.228. The third-order valence-electron chi connectivity index (χ3n) is 3.36. The van der Waals surface area contributed by atoms with E-state index in [0.29, 0.717) is 23.8 Å². The number of hydrogen-bond acceptors (Lipinski definition) is 5. The Morgan fingerprint density at radius 2 is 1.80 bits per heavy atom. The van der Waals surface area contributed by atoms with E-state index in [4.69, 9.17) is 9.47 Å². The Kier molecular flexibility index (Phi) is 5.64. The van der Waals surface area contributed by atoms with Gasteiger partial charge in [-0.1, -0.05) is 12.1 Å². The molecule has 0 atom stereocenters. The average molecular weight is 354 g/mol. The highest BCUT2D eigenvalue weighted by Crippen LogP contribution is 2.26. The molecule has 6 heteroatoms. The first kappa shape index (κ1) is 17.0. The summed E-state index contributed by atoms with van der Waals surface area (Å²) in [5, 5.41) is 5.70. The molecule has 2 aromatic carbocycles. The predicted molar refractivity (Wildman–Crippen MR) is 99.3 cm³/mol. The summed E-state index contributed by atoms with van der Waals surface area (Å²) in [6.45, 7) is 2.36. The van der Waals surface area contributed by atoms with E-state index in [2.05, 4.69) is 10.3 Å². The lowest BCUT2D eigenvalue weighted by Crippen LogP contribution is -2.20. The maximum absolute atomic E-state index is 12.1. The maximum atomic E-state index is 12.1. The van der Waals surface area contributed by atoms with Crippen LogP contribution in [-0.2, 0) is 4.79 Å². The van der Waals surface area contributed by atoms with Crippen molar-refractivity contribution in [2.45, 2.75) is 6.92 Å². The molecule has 0 saturated heterocycles. The number of benzene rings is 2. The van der Waals surface area contributed by atoms with Crippen molar-refractivity contribution in [2.24, 2.45) is 0 Å². The van der Waals surface area contributed by atoms with E-state index in [-0.39, 0.29) is 12.5 Å². The summed E-state index contributed by atoms with van der Waals surface area (Å²) >= 11 is 1.58. The molecule has 5 nitrogen and oxygen atoms in total. The fraction of sp³-hybridized carbons (Fsp3) is 0.158. The van der Waals surface area contributed by atoms with Gasteiger partial charge in [-0.15, -0.1) is 11.3 Å². The molecule has 0 spiro atoms. The Balaban J connectivity index is 1.56. The monoisotopic (exact) mass is 354 g/mol. The van der Waals surface area contributed by atoms with Crippen LogP contribution in [0.25, 0.3) is 10.6 Å². The third kappa shape index (κ3) is 4.58. The molecule has 0 aliphatic heterocycles. The molecule has 0 unspecified atom stereocenters. The number of rotatable bonds is 7. The zero-order valence-corrected chi connectivity index (χ0v) is 14.6. The number of para-hydroxylation sites is 2. The zero-order chi connectivity index (χ0) is 17.5. The molecule has 1 amide bonds. The largest absolute Gasteiger partial charge is 0.490 e. The number of aromatic nitrogens is 1. The molecule has 0 aliphatic rings. The molecule has 25 heavy (non-hydrogen) atoms. The first-order valence-electron chi connectivity index (χ1n) is 7.90. The van der Waals surface area contributed by atoms with Gasteiger partial charge in [-0.25, -0.2) is 4.98 Å². The van der Waals surface area contributed by atoms with Gasteiger partial charge < -0.3 is 14.8 Å². The topological polar surface area (TPSA) is 60.5 Å². The maximum Gasteiger partial charge on any atom is 0.262 e. The Morgan fingerprint density at radius 1 is 1.08 bits per heavy atom. The standard InChI is InChI=1S/C19H18N2O3S/c1-2-23-16-5-3-4-6-17(16)24-13-18(22)21-15-9-7-14(8-10-15)19-20-11-12-25-19/h3-12H,2,13H2,1H3,(H,21,22). The number of nitrogens with zero attached hydrogens (tertiary/aromatic N) is 1. The van der Waals surface area contributed by atoms with Crippen molar-refractivity contribution < 1.29 is 14.3 Å². The highest BCUT2D eigenvalue weighted by molar-refractivity contribution is 7.13. The number of amides is 1. The van der Waals surface area contributed by atoms with E-state index in [1.54, 1.807) is 23.6 Å². The summed E-state index contributed by atoms with van der Waals surface area (Å²) in [6.07, 6.45) is 1.77. The van der Waals surface area contributed by atoms with Crippen molar-refractivity contribution in [1.82, 2.24) is 4.98 Å². The average Bonchev–Trinajstić information content (AvgIpc) is 3.17. The molecule has 0 bridgehead atoms. The van der Waals surface area contributed by atoms with E-state index >= 15 is 0 Å². The fourth-order valence-corrected chi connectivity index (χ4v) is 2.89.